The van der Waals surface area contributed by atoms with Gasteiger partial charge in [0, 0.05) is 63.4 Å². The lowest BCUT2D eigenvalue weighted by molar-refractivity contribution is -0.193. The zero-order chi connectivity index (χ0) is 40.9. The monoisotopic (exact) mass is 786 g/mol. The molecule has 22 heteroatoms. The molecule has 13 nitrogen and oxygen atoms in total. The number of halogens is 9. The number of carboxylic acids is 3. The first-order valence-corrected chi connectivity index (χ1v) is 15.0. The van der Waals surface area contributed by atoms with Crippen molar-refractivity contribution in [3.63, 3.8) is 0 Å². The van der Waals surface area contributed by atoms with Crippen LogP contribution in [0.2, 0.25) is 0 Å². The minimum Gasteiger partial charge on any atom is -0.497 e. The van der Waals surface area contributed by atoms with Gasteiger partial charge in [-0.1, -0.05) is 18.2 Å². The second-order valence-electron chi connectivity index (χ2n) is 11.1. The molecular formula is C32H31F9N4O9. The standard InChI is InChI=1S/C26H28N4O3.3C2HF3O2/c1-32-23-6-2-4-21(14-23)16-29-18-24(22-5-3-9-28-15-22)26(19-29)25(31)30(12-13-33-26)17-20-7-10-27-11-8-20;3*3-2(4,5)1(6)7/h2-11,14-15,24H,12-13,16-19H2,1H3;3*(H,6,7). The number of carbonyl (C=O) groups excluding carboxylic acids is 1. The number of hydrogen-bond donors (Lipinski definition) is 3. The molecule has 2 fully saturated rings. The van der Waals surface area contributed by atoms with Crippen LogP contribution in [0.4, 0.5) is 39.5 Å². The van der Waals surface area contributed by atoms with E-state index in [0.717, 1.165) is 35.5 Å². The molecule has 2 saturated heterocycles. The Morgan fingerprint density at radius 3 is 1.85 bits per heavy atom. The Balaban J connectivity index is 0.000000393. The lowest BCUT2D eigenvalue weighted by Crippen LogP contribution is -2.59. The van der Waals surface area contributed by atoms with Gasteiger partial charge in [-0.05, 0) is 47.0 Å². The summed E-state index contributed by atoms with van der Waals surface area (Å²) in [5.74, 6) is -7.48. The van der Waals surface area contributed by atoms with E-state index in [4.69, 9.17) is 39.2 Å². The average Bonchev–Trinajstić information content (AvgIpc) is 3.45. The average molecular weight is 787 g/mol. The number of nitrogens with zero attached hydrogens (tertiary/aromatic N) is 4. The van der Waals surface area contributed by atoms with Crippen LogP contribution in [0.25, 0.3) is 0 Å². The van der Waals surface area contributed by atoms with Crippen LogP contribution in [0.15, 0.2) is 73.3 Å². The third-order valence-corrected chi connectivity index (χ3v) is 7.31. The fourth-order valence-corrected chi connectivity index (χ4v) is 5.01. The minimum atomic E-state index is -5.08. The van der Waals surface area contributed by atoms with Crippen molar-refractivity contribution in [3.8, 4) is 5.75 Å². The molecule has 4 heterocycles. The number of carbonyl (C=O) groups is 4. The third kappa shape index (κ3) is 13.5. The number of aromatic nitrogens is 2. The summed E-state index contributed by atoms with van der Waals surface area (Å²) >= 11 is 0. The SMILES string of the molecule is COc1cccc(CN2CC(c3cccnc3)C3(C2)OCCN(Cc2ccncc2)C3=O)c1.O=C(O)C(F)(F)F.O=C(O)C(F)(F)F.O=C(O)C(F)(F)F. The summed E-state index contributed by atoms with van der Waals surface area (Å²) in [6, 6.07) is 16.0. The topological polar surface area (TPSA) is 180 Å². The van der Waals surface area contributed by atoms with E-state index in [9.17, 15) is 44.3 Å². The molecular weight excluding hydrogens is 755 g/mol. The van der Waals surface area contributed by atoms with Gasteiger partial charge >= 0.3 is 36.4 Å². The van der Waals surface area contributed by atoms with E-state index in [-0.39, 0.29) is 11.8 Å². The van der Waals surface area contributed by atoms with Gasteiger partial charge in [-0.15, -0.1) is 0 Å². The van der Waals surface area contributed by atoms with Gasteiger partial charge in [0.05, 0.1) is 13.7 Å². The molecule has 54 heavy (non-hydrogen) atoms. The van der Waals surface area contributed by atoms with Crippen molar-refractivity contribution in [2.45, 2.75) is 43.1 Å². The van der Waals surface area contributed by atoms with Crippen LogP contribution >= 0.6 is 0 Å². The molecule has 1 amide bonds. The molecule has 1 spiro atoms. The number of pyridine rings is 2. The van der Waals surface area contributed by atoms with E-state index < -0.39 is 42.0 Å². The number of alkyl halides is 9. The normalized spacial score (nSPS) is 18.6. The van der Waals surface area contributed by atoms with E-state index in [2.05, 4.69) is 20.9 Å². The minimum absolute atomic E-state index is 0.0487. The second kappa shape index (κ2) is 19.0. The van der Waals surface area contributed by atoms with E-state index >= 15 is 0 Å². The van der Waals surface area contributed by atoms with E-state index in [1.807, 2.05) is 53.6 Å². The number of hydrogen-bond acceptors (Lipinski definition) is 9. The van der Waals surface area contributed by atoms with Crippen molar-refractivity contribution in [2.24, 2.45) is 0 Å². The highest BCUT2D eigenvalue weighted by Gasteiger charge is 2.57. The van der Waals surface area contributed by atoms with Crippen molar-refractivity contribution >= 4 is 23.8 Å². The Morgan fingerprint density at radius 1 is 0.815 bits per heavy atom. The molecule has 1 aromatic carbocycles. The number of likely N-dealkylation sites (tertiary alicyclic amines) is 1. The number of carboxylic acid groups (broad SMARTS) is 3. The molecule has 2 aliphatic heterocycles. The summed E-state index contributed by atoms with van der Waals surface area (Å²) in [4.78, 5) is 53.3. The van der Waals surface area contributed by atoms with Gasteiger partial charge in [0.15, 0.2) is 5.60 Å². The molecule has 5 rings (SSSR count). The van der Waals surface area contributed by atoms with Crippen LogP contribution in [-0.4, -0.2) is 116 Å². The van der Waals surface area contributed by atoms with Crippen LogP contribution in [-0.2, 0) is 37.0 Å². The Morgan fingerprint density at radius 2 is 1.37 bits per heavy atom. The molecule has 296 valence electrons. The molecule has 0 radical (unpaired) electrons. The fraction of sp³-hybridized carbons (Fsp3) is 0.375. The zero-order valence-electron chi connectivity index (χ0n) is 27.7. The van der Waals surface area contributed by atoms with Crippen molar-refractivity contribution in [3.05, 3.63) is 90.0 Å². The second-order valence-corrected chi connectivity index (χ2v) is 11.1. The lowest BCUT2D eigenvalue weighted by atomic mass is 9.83. The first kappa shape index (κ1) is 44.7. The van der Waals surface area contributed by atoms with Crippen molar-refractivity contribution in [1.29, 1.82) is 0 Å². The summed E-state index contributed by atoms with van der Waals surface area (Å²) in [5.41, 5.74) is 2.32. The Bertz CT molecular complexity index is 1640. The molecule has 2 aliphatic rings. The predicted molar refractivity (Wildman–Crippen MR) is 165 cm³/mol. The maximum atomic E-state index is 14.0. The summed E-state index contributed by atoms with van der Waals surface area (Å²) in [5, 5.41) is 21.4. The fourth-order valence-electron chi connectivity index (χ4n) is 5.01. The van der Waals surface area contributed by atoms with Crippen molar-refractivity contribution < 1.29 is 83.5 Å². The maximum absolute atomic E-state index is 14.0. The quantitative estimate of drug-likeness (QED) is 0.292. The van der Waals surface area contributed by atoms with Crippen LogP contribution in [0, 0.1) is 0 Å². The van der Waals surface area contributed by atoms with Crippen LogP contribution in [0.5, 0.6) is 5.75 Å². The summed E-state index contributed by atoms with van der Waals surface area (Å²) < 4.78 is 107. The van der Waals surface area contributed by atoms with Gasteiger partial charge in [-0.2, -0.15) is 39.5 Å². The zero-order valence-corrected chi connectivity index (χ0v) is 27.7. The summed E-state index contributed by atoms with van der Waals surface area (Å²) in [7, 11) is 1.67. The van der Waals surface area contributed by atoms with Gasteiger partial charge in [-0.25, -0.2) is 14.4 Å². The number of aliphatic carboxylic acids is 3. The number of benzene rings is 1. The highest BCUT2D eigenvalue weighted by atomic mass is 19.4. The van der Waals surface area contributed by atoms with Crippen molar-refractivity contribution in [2.75, 3.05) is 33.4 Å². The van der Waals surface area contributed by atoms with Gasteiger partial charge in [-0.3, -0.25) is 19.7 Å². The maximum Gasteiger partial charge on any atom is 0.490 e. The molecule has 2 atom stereocenters. The third-order valence-electron chi connectivity index (χ3n) is 7.31. The molecule has 0 aliphatic carbocycles. The summed E-state index contributed by atoms with van der Waals surface area (Å²) in [6.45, 7) is 3.63. The van der Waals surface area contributed by atoms with Crippen LogP contribution < -0.4 is 4.74 Å². The van der Waals surface area contributed by atoms with E-state index in [0.29, 0.717) is 26.2 Å². The van der Waals surface area contributed by atoms with Crippen LogP contribution in [0.1, 0.15) is 22.6 Å². The number of ether oxygens (including phenoxy) is 2. The van der Waals surface area contributed by atoms with E-state index in [1.54, 1.807) is 25.7 Å². The van der Waals surface area contributed by atoms with Gasteiger partial charge in [0.25, 0.3) is 5.91 Å². The highest BCUT2D eigenvalue weighted by Crippen LogP contribution is 2.42. The molecule has 2 unspecified atom stereocenters. The smallest absolute Gasteiger partial charge is 0.490 e. The Kier molecular flexibility index (Phi) is 15.7. The lowest BCUT2D eigenvalue weighted by Gasteiger charge is -2.42. The molecule has 3 N–H and O–H groups in total. The van der Waals surface area contributed by atoms with Gasteiger partial charge in [0.2, 0.25) is 0 Å². The predicted octanol–water partition coefficient (Wildman–Crippen LogP) is 4.78. The number of rotatable bonds is 6. The molecule has 3 aromatic rings. The first-order valence-electron chi connectivity index (χ1n) is 15.0. The molecule has 0 saturated carbocycles. The van der Waals surface area contributed by atoms with E-state index in [1.165, 1.54) is 0 Å². The largest absolute Gasteiger partial charge is 0.497 e. The summed E-state index contributed by atoms with van der Waals surface area (Å²) in [6.07, 6.45) is -8.10. The molecule has 0 bridgehead atoms. The number of morpholine rings is 1. The first-order chi connectivity index (χ1) is 25.0. The van der Waals surface area contributed by atoms with Crippen molar-refractivity contribution in [1.82, 2.24) is 19.8 Å². The molecule has 2 aromatic heterocycles. The number of amides is 1. The van der Waals surface area contributed by atoms with Crippen LogP contribution in [0.3, 0.4) is 0 Å². The number of methoxy groups -OCH3 is 1. The Labute approximate surface area is 299 Å². The van der Waals surface area contributed by atoms with Gasteiger partial charge < -0.3 is 29.7 Å². The highest BCUT2D eigenvalue weighted by molar-refractivity contribution is 5.88. The Hall–Kier alpha value is -5.51. The van der Waals surface area contributed by atoms with Gasteiger partial charge in [0.1, 0.15) is 5.75 Å².